The van der Waals surface area contributed by atoms with Crippen molar-refractivity contribution in [2.45, 2.75) is 56.6 Å². The molecular formula is C13H22N2O2S2. The molecule has 0 amide bonds. The summed E-state index contributed by atoms with van der Waals surface area (Å²) in [6.07, 6.45) is 3.02. The second-order valence-corrected chi connectivity index (χ2v) is 8.08. The van der Waals surface area contributed by atoms with Gasteiger partial charge < -0.3 is 5.32 Å². The number of nitrogens with one attached hydrogen (secondary N) is 1. The van der Waals surface area contributed by atoms with Gasteiger partial charge in [0, 0.05) is 28.9 Å². The highest BCUT2D eigenvalue weighted by Gasteiger charge is 2.35. The lowest BCUT2D eigenvalue weighted by molar-refractivity contribution is 0.204. The standard InChI is InChI=1S/C13H22N2O2S2/c1-10-5-4-6-11(2)15(10)19(16,17)13-7-12(8-14-3)18-9-13/h7,9-11,14H,4-6,8H2,1-3H3. The summed E-state index contributed by atoms with van der Waals surface area (Å²) in [5, 5.41) is 4.81. The van der Waals surface area contributed by atoms with E-state index in [0.717, 1.165) is 24.1 Å². The minimum atomic E-state index is -3.34. The van der Waals surface area contributed by atoms with Crippen LogP contribution in [0.3, 0.4) is 0 Å². The second kappa shape index (κ2) is 5.91. The number of nitrogens with zero attached hydrogens (tertiary/aromatic N) is 1. The van der Waals surface area contributed by atoms with E-state index in [2.05, 4.69) is 5.32 Å². The third kappa shape index (κ3) is 3.02. The van der Waals surface area contributed by atoms with Gasteiger partial charge in [-0.2, -0.15) is 4.31 Å². The predicted octanol–water partition coefficient (Wildman–Crippen LogP) is 2.42. The Morgan fingerprint density at radius 1 is 1.37 bits per heavy atom. The van der Waals surface area contributed by atoms with Gasteiger partial charge in [-0.1, -0.05) is 6.42 Å². The maximum absolute atomic E-state index is 12.7. The first kappa shape index (κ1) is 15.0. The van der Waals surface area contributed by atoms with Crippen LogP contribution in [0.15, 0.2) is 16.3 Å². The van der Waals surface area contributed by atoms with Gasteiger partial charge in [0.05, 0.1) is 4.90 Å². The van der Waals surface area contributed by atoms with E-state index >= 15 is 0 Å². The summed E-state index contributed by atoms with van der Waals surface area (Å²) in [6.45, 7) is 4.73. The smallest absolute Gasteiger partial charge is 0.244 e. The van der Waals surface area contributed by atoms with Gasteiger partial charge in [0.15, 0.2) is 0 Å². The molecule has 1 saturated heterocycles. The molecule has 1 aliphatic heterocycles. The van der Waals surface area contributed by atoms with Crippen LogP contribution in [0.4, 0.5) is 0 Å². The monoisotopic (exact) mass is 302 g/mol. The zero-order valence-electron chi connectivity index (χ0n) is 11.7. The Morgan fingerprint density at radius 3 is 2.58 bits per heavy atom. The summed E-state index contributed by atoms with van der Waals surface area (Å²) in [6, 6.07) is 1.99. The molecule has 1 N–H and O–H groups in total. The maximum Gasteiger partial charge on any atom is 0.244 e. The second-order valence-electron chi connectivity index (χ2n) is 5.24. The van der Waals surface area contributed by atoms with E-state index in [1.807, 2.05) is 20.9 Å². The molecule has 0 radical (unpaired) electrons. The van der Waals surface area contributed by atoms with E-state index in [0.29, 0.717) is 11.4 Å². The van der Waals surface area contributed by atoms with Crippen molar-refractivity contribution in [3.8, 4) is 0 Å². The van der Waals surface area contributed by atoms with Gasteiger partial charge in [0.25, 0.3) is 0 Å². The highest BCUT2D eigenvalue weighted by Crippen LogP contribution is 2.31. The Hall–Kier alpha value is -0.430. The van der Waals surface area contributed by atoms with Crippen LogP contribution in [0.5, 0.6) is 0 Å². The molecule has 6 heteroatoms. The molecule has 2 rings (SSSR count). The van der Waals surface area contributed by atoms with Crippen LogP contribution in [0.1, 0.15) is 38.0 Å². The summed E-state index contributed by atoms with van der Waals surface area (Å²) >= 11 is 1.50. The van der Waals surface area contributed by atoms with E-state index in [-0.39, 0.29) is 12.1 Å². The molecule has 0 aliphatic carbocycles. The first-order chi connectivity index (χ1) is 8.96. The molecule has 4 nitrogen and oxygen atoms in total. The minimum Gasteiger partial charge on any atom is -0.315 e. The molecule has 0 spiro atoms. The SMILES string of the molecule is CNCc1cc(S(=O)(=O)N2C(C)CCCC2C)cs1. The molecular weight excluding hydrogens is 280 g/mol. The quantitative estimate of drug-likeness (QED) is 0.929. The number of sulfonamides is 1. The topological polar surface area (TPSA) is 49.4 Å². The third-order valence-corrected chi connectivity index (χ3v) is 6.86. The first-order valence-electron chi connectivity index (χ1n) is 6.72. The fourth-order valence-corrected chi connectivity index (χ4v) is 5.91. The van der Waals surface area contributed by atoms with Gasteiger partial charge in [0.1, 0.15) is 0 Å². The summed E-state index contributed by atoms with van der Waals surface area (Å²) < 4.78 is 27.2. The van der Waals surface area contributed by atoms with E-state index < -0.39 is 10.0 Å². The molecule has 19 heavy (non-hydrogen) atoms. The molecule has 0 bridgehead atoms. The highest BCUT2D eigenvalue weighted by molar-refractivity contribution is 7.89. The number of hydrogen-bond donors (Lipinski definition) is 1. The normalized spacial score (nSPS) is 25.6. The third-order valence-electron chi connectivity index (χ3n) is 3.67. The van der Waals surface area contributed by atoms with Crippen LogP contribution in [0.2, 0.25) is 0 Å². The van der Waals surface area contributed by atoms with Crippen molar-refractivity contribution in [1.82, 2.24) is 9.62 Å². The fourth-order valence-electron chi connectivity index (χ4n) is 2.76. The lowest BCUT2D eigenvalue weighted by Crippen LogP contribution is -2.47. The fraction of sp³-hybridized carbons (Fsp3) is 0.692. The van der Waals surface area contributed by atoms with Crippen LogP contribution in [-0.4, -0.2) is 31.9 Å². The number of thiophene rings is 1. The minimum absolute atomic E-state index is 0.0985. The molecule has 0 aromatic carbocycles. The van der Waals surface area contributed by atoms with Crippen LogP contribution in [0, 0.1) is 0 Å². The molecule has 1 aromatic rings. The molecule has 2 heterocycles. The molecule has 1 aromatic heterocycles. The van der Waals surface area contributed by atoms with Crippen molar-refractivity contribution in [2.75, 3.05) is 7.05 Å². The Bertz CT molecular complexity index is 515. The van der Waals surface area contributed by atoms with Crippen LogP contribution >= 0.6 is 11.3 Å². The van der Waals surface area contributed by atoms with Gasteiger partial charge in [-0.3, -0.25) is 0 Å². The maximum atomic E-state index is 12.7. The van der Waals surface area contributed by atoms with Crippen LogP contribution in [-0.2, 0) is 16.6 Å². The number of piperidine rings is 1. The average molecular weight is 302 g/mol. The first-order valence-corrected chi connectivity index (χ1v) is 9.04. The summed E-state index contributed by atoms with van der Waals surface area (Å²) in [7, 11) is -1.48. The molecule has 0 saturated carbocycles. The van der Waals surface area contributed by atoms with Gasteiger partial charge in [-0.05, 0) is 39.8 Å². The Labute approximate surface area is 119 Å². The molecule has 2 atom stereocenters. The Balaban J connectivity index is 2.29. The lowest BCUT2D eigenvalue weighted by atomic mass is 10.0. The number of rotatable bonds is 4. The van der Waals surface area contributed by atoms with Crippen molar-refractivity contribution < 1.29 is 8.42 Å². The summed E-state index contributed by atoms with van der Waals surface area (Å²) in [5.74, 6) is 0. The zero-order valence-corrected chi connectivity index (χ0v) is 13.4. The molecule has 1 fully saturated rings. The highest BCUT2D eigenvalue weighted by atomic mass is 32.2. The zero-order chi connectivity index (χ0) is 14.0. The van der Waals surface area contributed by atoms with Crippen molar-refractivity contribution >= 4 is 21.4 Å². The largest absolute Gasteiger partial charge is 0.315 e. The molecule has 1 aliphatic rings. The summed E-state index contributed by atoms with van der Waals surface area (Å²) in [5.41, 5.74) is 0. The van der Waals surface area contributed by atoms with Gasteiger partial charge >= 0.3 is 0 Å². The van der Waals surface area contributed by atoms with Crippen LogP contribution < -0.4 is 5.32 Å². The van der Waals surface area contributed by atoms with E-state index in [9.17, 15) is 8.42 Å². The Morgan fingerprint density at radius 2 is 2.00 bits per heavy atom. The van der Waals surface area contributed by atoms with Crippen LogP contribution in [0.25, 0.3) is 0 Å². The predicted molar refractivity (Wildman–Crippen MR) is 78.9 cm³/mol. The van der Waals surface area contributed by atoms with Crippen molar-refractivity contribution in [1.29, 1.82) is 0 Å². The summed E-state index contributed by atoms with van der Waals surface area (Å²) in [4.78, 5) is 1.50. The molecule has 108 valence electrons. The van der Waals surface area contributed by atoms with E-state index in [1.54, 1.807) is 15.8 Å². The Kier molecular flexibility index (Phi) is 4.66. The van der Waals surface area contributed by atoms with Crippen molar-refractivity contribution in [3.63, 3.8) is 0 Å². The van der Waals surface area contributed by atoms with Crippen molar-refractivity contribution in [2.24, 2.45) is 0 Å². The average Bonchev–Trinajstić information content (AvgIpc) is 2.78. The van der Waals surface area contributed by atoms with Crippen molar-refractivity contribution in [3.05, 3.63) is 16.3 Å². The van der Waals surface area contributed by atoms with Gasteiger partial charge in [-0.15, -0.1) is 11.3 Å². The molecule has 2 unspecified atom stereocenters. The number of hydrogen-bond acceptors (Lipinski definition) is 4. The van der Waals surface area contributed by atoms with E-state index in [4.69, 9.17) is 0 Å². The van der Waals surface area contributed by atoms with E-state index in [1.165, 1.54) is 11.3 Å². The van der Waals surface area contributed by atoms with Gasteiger partial charge in [-0.25, -0.2) is 8.42 Å². The lowest BCUT2D eigenvalue weighted by Gasteiger charge is -2.37. The van der Waals surface area contributed by atoms with Gasteiger partial charge in [0.2, 0.25) is 10.0 Å².